The minimum absolute atomic E-state index is 0.611. The molecule has 0 spiro atoms. The molecule has 5 nitrogen and oxygen atoms in total. The Kier molecular flexibility index (Phi) is 7.19. The van der Waals surface area contributed by atoms with E-state index in [-0.39, 0.29) is 0 Å². The fraction of sp³-hybridized carbons (Fsp3) is 0.909. The quantitative estimate of drug-likeness (QED) is 0.540. The van der Waals surface area contributed by atoms with E-state index in [1.54, 1.807) is 16.4 Å². The smallest absolute Gasteiger partial charge is 0.209 e. The topological polar surface area (TPSA) is 55.6 Å². The van der Waals surface area contributed by atoms with Crippen LogP contribution in [-0.4, -0.2) is 38.5 Å². The van der Waals surface area contributed by atoms with Crippen molar-refractivity contribution >= 4 is 11.8 Å². The molecule has 1 aromatic rings. The van der Waals surface area contributed by atoms with Gasteiger partial charge in [-0.25, -0.2) is 4.68 Å². The highest BCUT2D eigenvalue weighted by Gasteiger charge is 2.03. The number of aryl methyl sites for hydroxylation is 1. The van der Waals surface area contributed by atoms with E-state index >= 15 is 0 Å². The Morgan fingerprint density at radius 3 is 2.88 bits per heavy atom. The largest absolute Gasteiger partial charge is 0.313 e. The molecule has 98 valence electrons. The van der Waals surface area contributed by atoms with Crippen molar-refractivity contribution in [2.45, 2.75) is 50.7 Å². The fourth-order valence-corrected chi connectivity index (χ4v) is 2.31. The molecule has 0 amide bonds. The maximum Gasteiger partial charge on any atom is 0.209 e. The molecule has 0 saturated heterocycles. The lowest BCUT2D eigenvalue weighted by Gasteiger charge is -2.12. The zero-order valence-corrected chi connectivity index (χ0v) is 11.8. The Labute approximate surface area is 108 Å². The van der Waals surface area contributed by atoms with Gasteiger partial charge in [0, 0.05) is 25.4 Å². The van der Waals surface area contributed by atoms with Crippen LogP contribution in [0.2, 0.25) is 0 Å². The van der Waals surface area contributed by atoms with Crippen molar-refractivity contribution in [1.82, 2.24) is 25.5 Å². The number of nitrogens with one attached hydrogen (secondary N) is 1. The van der Waals surface area contributed by atoms with Crippen LogP contribution in [0.5, 0.6) is 0 Å². The van der Waals surface area contributed by atoms with Crippen molar-refractivity contribution < 1.29 is 0 Å². The summed E-state index contributed by atoms with van der Waals surface area (Å²) in [5.74, 6) is 1.01. The van der Waals surface area contributed by atoms with Gasteiger partial charge in [-0.1, -0.05) is 37.9 Å². The van der Waals surface area contributed by atoms with Gasteiger partial charge < -0.3 is 5.32 Å². The molecular weight excluding hydrogens is 234 g/mol. The summed E-state index contributed by atoms with van der Waals surface area (Å²) in [5.41, 5.74) is 0. The predicted octanol–water partition coefficient (Wildman–Crippen LogP) is 1.86. The van der Waals surface area contributed by atoms with E-state index in [4.69, 9.17) is 0 Å². The molecule has 0 aliphatic heterocycles. The zero-order chi connectivity index (χ0) is 12.5. The molecule has 0 saturated carbocycles. The standard InChI is InChI=1S/C11H23N5S/c1-4-5-6-7-10(2)12-8-9-17-11-13-14-15-16(11)3/h10,12H,4-9H2,1-3H3. The maximum absolute atomic E-state index is 3.93. The molecule has 0 fully saturated rings. The van der Waals surface area contributed by atoms with E-state index in [0.29, 0.717) is 6.04 Å². The van der Waals surface area contributed by atoms with Gasteiger partial charge in [-0.2, -0.15) is 0 Å². The molecule has 1 atom stereocenters. The summed E-state index contributed by atoms with van der Waals surface area (Å²) in [6.07, 6.45) is 5.22. The summed E-state index contributed by atoms with van der Waals surface area (Å²) in [6, 6.07) is 0.611. The van der Waals surface area contributed by atoms with Gasteiger partial charge in [0.05, 0.1) is 0 Å². The van der Waals surface area contributed by atoms with Crippen LogP contribution in [0.15, 0.2) is 5.16 Å². The van der Waals surface area contributed by atoms with E-state index in [1.807, 2.05) is 7.05 Å². The molecular formula is C11H23N5S. The molecule has 17 heavy (non-hydrogen) atoms. The molecule has 0 aliphatic rings. The molecule has 0 aliphatic carbocycles. The number of aromatic nitrogens is 4. The predicted molar refractivity (Wildman–Crippen MR) is 71.1 cm³/mol. The van der Waals surface area contributed by atoms with Crippen molar-refractivity contribution in [1.29, 1.82) is 0 Å². The Morgan fingerprint density at radius 1 is 1.41 bits per heavy atom. The summed E-state index contributed by atoms with van der Waals surface area (Å²) in [5, 5.41) is 15.7. The van der Waals surface area contributed by atoms with Crippen molar-refractivity contribution in [2.75, 3.05) is 12.3 Å². The van der Waals surface area contributed by atoms with Gasteiger partial charge in [0.15, 0.2) is 0 Å². The van der Waals surface area contributed by atoms with Crippen LogP contribution >= 0.6 is 11.8 Å². The fourth-order valence-electron chi connectivity index (χ4n) is 1.59. The van der Waals surface area contributed by atoms with Gasteiger partial charge in [-0.15, -0.1) is 5.10 Å². The Morgan fingerprint density at radius 2 is 2.24 bits per heavy atom. The third-order valence-electron chi connectivity index (χ3n) is 2.65. The first-order valence-corrected chi connectivity index (χ1v) is 7.31. The molecule has 1 N–H and O–H groups in total. The van der Waals surface area contributed by atoms with Crippen LogP contribution in [0.4, 0.5) is 0 Å². The van der Waals surface area contributed by atoms with Crippen molar-refractivity contribution in [2.24, 2.45) is 7.05 Å². The van der Waals surface area contributed by atoms with Crippen LogP contribution < -0.4 is 5.32 Å². The first-order chi connectivity index (χ1) is 8.24. The number of hydrogen-bond donors (Lipinski definition) is 1. The summed E-state index contributed by atoms with van der Waals surface area (Å²) in [7, 11) is 1.86. The molecule has 0 aromatic carbocycles. The number of hydrogen-bond acceptors (Lipinski definition) is 5. The van der Waals surface area contributed by atoms with E-state index in [2.05, 4.69) is 34.7 Å². The Hall–Kier alpha value is -0.620. The van der Waals surface area contributed by atoms with Crippen LogP contribution in [0.1, 0.15) is 39.5 Å². The molecule has 1 rings (SSSR count). The lowest BCUT2D eigenvalue weighted by atomic mass is 10.1. The molecule has 1 unspecified atom stereocenters. The number of rotatable bonds is 9. The van der Waals surface area contributed by atoms with Crippen molar-refractivity contribution in [3.63, 3.8) is 0 Å². The Balaban J connectivity index is 2.02. The van der Waals surface area contributed by atoms with Gasteiger partial charge >= 0.3 is 0 Å². The van der Waals surface area contributed by atoms with E-state index in [0.717, 1.165) is 17.5 Å². The second-order valence-electron chi connectivity index (χ2n) is 4.28. The van der Waals surface area contributed by atoms with Crippen molar-refractivity contribution in [3.05, 3.63) is 0 Å². The van der Waals surface area contributed by atoms with Crippen LogP contribution in [0.3, 0.4) is 0 Å². The van der Waals surface area contributed by atoms with Crippen LogP contribution in [-0.2, 0) is 7.05 Å². The molecule has 1 aromatic heterocycles. The molecule has 0 bridgehead atoms. The molecule has 0 radical (unpaired) electrons. The van der Waals surface area contributed by atoms with Crippen molar-refractivity contribution in [3.8, 4) is 0 Å². The summed E-state index contributed by atoms with van der Waals surface area (Å²) in [4.78, 5) is 0. The SMILES string of the molecule is CCCCCC(C)NCCSc1nnnn1C. The zero-order valence-electron chi connectivity index (χ0n) is 11.0. The number of tetrazole rings is 1. The lowest BCUT2D eigenvalue weighted by molar-refractivity contribution is 0.501. The lowest BCUT2D eigenvalue weighted by Crippen LogP contribution is -2.28. The number of unbranched alkanes of at least 4 members (excludes halogenated alkanes) is 2. The van der Waals surface area contributed by atoms with Gasteiger partial charge in [0.25, 0.3) is 0 Å². The van der Waals surface area contributed by atoms with E-state index < -0.39 is 0 Å². The van der Waals surface area contributed by atoms with Gasteiger partial charge in [-0.3, -0.25) is 0 Å². The summed E-state index contributed by atoms with van der Waals surface area (Å²) in [6.45, 7) is 5.50. The summed E-state index contributed by atoms with van der Waals surface area (Å²) < 4.78 is 1.70. The van der Waals surface area contributed by atoms with Gasteiger partial charge in [-0.05, 0) is 23.8 Å². The average Bonchev–Trinajstić information content (AvgIpc) is 2.71. The van der Waals surface area contributed by atoms with Gasteiger partial charge in [0.1, 0.15) is 0 Å². The third-order valence-corrected chi connectivity index (χ3v) is 3.66. The van der Waals surface area contributed by atoms with Crippen LogP contribution in [0, 0.1) is 0 Å². The maximum atomic E-state index is 3.93. The minimum Gasteiger partial charge on any atom is -0.313 e. The van der Waals surface area contributed by atoms with Gasteiger partial charge in [0.2, 0.25) is 5.16 Å². The van der Waals surface area contributed by atoms with E-state index in [1.165, 1.54) is 25.7 Å². The monoisotopic (exact) mass is 257 g/mol. The first-order valence-electron chi connectivity index (χ1n) is 6.32. The second-order valence-corrected chi connectivity index (χ2v) is 5.35. The minimum atomic E-state index is 0.611. The third kappa shape index (κ3) is 6.02. The van der Waals surface area contributed by atoms with E-state index in [9.17, 15) is 0 Å². The molecule has 6 heteroatoms. The first kappa shape index (κ1) is 14.4. The molecule has 1 heterocycles. The highest BCUT2D eigenvalue weighted by atomic mass is 32.2. The highest BCUT2D eigenvalue weighted by Crippen LogP contribution is 2.11. The summed E-state index contributed by atoms with van der Waals surface area (Å²) >= 11 is 1.69. The Bertz CT molecular complexity index is 302. The highest BCUT2D eigenvalue weighted by molar-refractivity contribution is 7.99. The van der Waals surface area contributed by atoms with Crippen LogP contribution in [0.25, 0.3) is 0 Å². The average molecular weight is 257 g/mol. The normalized spacial score (nSPS) is 12.9. The number of thioether (sulfide) groups is 1. The second kappa shape index (κ2) is 8.47. The number of nitrogens with zero attached hydrogens (tertiary/aromatic N) is 4.